The number of rotatable bonds is 5. The molecule has 1 aliphatic rings. The number of nitrogens with zero attached hydrogens (tertiary/aromatic N) is 3. The van der Waals surface area contributed by atoms with Gasteiger partial charge in [-0.2, -0.15) is 0 Å². The third kappa shape index (κ3) is 3.91. The fourth-order valence-corrected chi connectivity index (χ4v) is 3.66. The van der Waals surface area contributed by atoms with Crippen LogP contribution in [0.25, 0.3) is 10.9 Å². The minimum absolute atomic E-state index is 0.567. The lowest BCUT2D eigenvalue weighted by Gasteiger charge is -2.25. The Morgan fingerprint density at radius 1 is 1.33 bits per heavy atom. The smallest absolute Gasteiger partial charge is 0.120 e. The van der Waals surface area contributed by atoms with Gasteiger partial charge in [-0.05, 0) is 31.8 Å². The van der Waals surface area contributed by atoms with Gasteiger partial charge in [0.05, 0.1) is 25.8 Å². The van der Waals surface area contributed by atoms with E-state index in [1.807, 2.05) is 6.07 Å². The maximum atomic E-state index is 5.81. The molecule has 1 fully saturated rings. The average Bonchev–Trinajstić information content (AvgIpc) is 2.71. The maximum absolute atomic E-state index is 5.81. The van der Waals surface area contributed by atoms with Crippen LogP contribution in [-0.2, 0) is 18.3 Å². The molecule has 2 aromatic rings. The summed E-state index contributed by atoms with van der Waals surface area (Å²) < 4.78 is 13.4. The van der Waals surface area contributed by atoms with Crippen molar-refractivity contribution in [3.8, 4) is 5.75 Å². The van der Waals surface area contributed by atoms with Crippen LogP contribution in [-0.4, -0.2) is 68.4 Å². The number of hydrogen-bond donors (Lipinski definition) is 0. The largest absolute Gasteiger partial charge is 0.497 e. The summed E-state index contributed by atoms with van der Waals surface area (Å²) in [5.41, 5.74) is 2.60. The number of aryl methyl sites for hydroxylation is 1. The van der Waals surface area contributed by atoms with Crippen molar-refractivity contribution in [3.05, 3.63) is 30.0 Å². The van der Waals surface area contributed by atoms with Crippen molar-refractivity contribution in [2.75, 3.05) is 54.1 Å². The van der Waals surface area contributed by atoms with E-state index in [4.69, 9.17) is 9.47 Å². The first kappa shape index (κ1) is 17.3. The summed E-state index contributed by atoms with van der Waals surface area (Å²) in [7, 11) is 8.08. The van der Waals surface area contributed by atoms with Crippen LogP contribution < -0.4 is 4.74 Å². The second kappa shape index (κ2) is 7.55. The Morgan fingerprint density at radius 3 is 2.92 bits per heavy atom. The predicted molar refractivity (Wildman–Crippen MR) is 97.6 cm³/mol. The normalized spacial score (nSPS) is 19.8. The van der Waals surface area contributed by atoms with Crippen molar-refractivity contribution in [2.45, 2.75) is 6.54 Å². The summed E-state index contributed by atoms with van der Waals surface area (Å²) in [4.78, 5) is 4.78. The minimum Gasteiger partial charge on any atom is -0.497 e. The Labute approximate surface area is 144 Å². The van der Waals surface area contributed by atoms with Crippen LogP contribution in [0.15, 0.2) is 24.4 Å². The summed E-state index contributed by atoms with van der Waals surface area (Å²) in [5, 5.41) is 1.31. The second-order valence-corrected chi connectivity index (χ2v) is 7.09. The summed E-state index contributed by atoms with van der Waals surface area (Å²) in [6, 6.07) is 6.33. The zero-order valence-corrected chi connectivity index (χ0v) is 15.3. The lowest BCUT2D eigenvalue weighted by molar-refractivity contribution is 0.112. The molecule has 0 spiro atoms. The van der Waals surface area contributed by atoms with Crippen LogP contribution in [0.4, 0.5) is 0 Å². The molecular formula is C19H29N3O2. The molecular weight excluding hydrogens is 302 g/mol. The third-order valence-electron chi connectivity index (χ3n) is 4.72. The molecule has 1 saturated heterocycles. The Hall–Kier alpha value is -1.56. The quantitative estimate of drug-likeness (QED) is 0.840. The molecule has 0 N–H and O–H groups in total. The number of fused-ring (bicyclic) bond motifs is 1. The molecule has 24 heavy (non-hydrogen) atoms. The minimum atomic E-state index is 0.567. The molecule has 1 aromatic carbocycles. The fourth-order valence-electron chi connectivity index (χ4n) is 3.66. The standard InChI is InChI=1S/C19H29N3O2/c1-20(2)10-15-11-22(7-8-24-14-15)13-16-12-21(3)19-9-17(23-4)5-6-18(16)19/h5-6,9,12,15H,7-8,10-11,13-14H2,1-4H3/t15-/m1/s1. The van der Waals surface area contributed by atoms with Gasteiger partial charge in [0.1, 0.15) is 5.75 Å². The molecule has 0 amide bonds. The second-order valence-electron chi connectivity index (χ2n) is 7.09. The lowest BCUT2D eigenvalue weighted by atomic mass is 10.1. The van der Waals surface area contributed by atoms with Crippen molar-refractivity contribution in [1.82, 2.24) is 14.4 Å². The Morgan fingerprint density at radius 2 is 2.17 bits per heavy atom. The molecule has 0 saturated carbocycles. The number of methoxy groups -OCH3 is 1. The number of ether oxygens (including phenoxy) is 2. The highest BCUT2D eigenvalue weighted by atomic mass is 16.5. The first-order valence-electron chi connectivity index (χ1n) is 8.63. The number of aromatic nitrogens is 1. The molecule has 0 radical (unpaired) electrons. The van der Waals surface area contributed by atoms with Crippen molar-refractivity contribution in [3.63, 3.8) is 0 Å². The van der Waals surface area contributed by atoms with Crippen LogP contribution in [0.5, 0.6) is 5.75 Å². The highest BCUT2D eigenvalue weighted by Crippen LogP contribution is 2.26. The molecule has 5 heteroatoms. The predicted octanol–water partition coefficient (Wildman–Crippen LogP) is 2.20. The van der Waals surface area contributed by atoms with E-state index in [2.05, 4.69) is 53.8 Å². The van der Waals surface area contributed by atoms with Gasteiger partial charge in [-0.25, -0.2) is 0 Å². The van der Waals surface area contributed by atoms with Crippen molar-refractivity contribution < 1.29 is 9.47 Å². The highest BCUT2D eigenvalue weighted by molar-refractivity contribution is 5.85. The van der Waals surface area contributed by atoms with E-state index >= 15 is 0 Å². The molecule has 0 unspecified atom stereocenters. The van der Waals surface area contributed by atoms with E-state index in [0.717, 1.165) is 45.1 Å². The molecule has 0 bridgehead atoms. The third-order valence-corrected chi connectivity index (χ3v) is 4.72. The van der Waals surface area contributed by atoms with Crippen LogP contribution in [0.2, 0.25) is 0 Å². The number of hydrogen-bond acceptors (Lipinski definition) is 4. The summed E-state index contributed by atoms with van der Waals surface area (Å²) in [6.07, 6.45) is 2.25. The Kier molecular flexibility index (Phi) is 5.43. The molecule has 1 aromatic heterocycles. The van der Waals surface area contributed by atoms with Crippen molar-refractivity contribution >= 4 is 10.9 Å². The lowest BCUT2D eigenvalue weighted by Crippen LogP contribution is -2.34. The molecule has 5 nitrogen and oxygen atoms in total. The van der Waals surface area contributed by atoms with Gasteiger partial charge >= 0.3 is 0 Å². The number of benzene rings is 1. The molecule has 0 aliphatic carbocycles. The summed E-state index contributed by atoms with van der Waals surface area (Å²) in [5.74, 6) is 1.47. The Balaban J connectivity index is 1.78. The zero-order chi connectivity index (χ0) is 17.1. The van der Waals surface area contributed by atoms with Gasteiger partial charge < -0.3 is 18.9 Å². The summed E-state index contributed by atoms with van der Waals surface area (Å²) >= 11 is 0. The van der Waals surface area contributed by atoms with E-state index < -0.39 is 0 Å². The van der Waals surface area contributed by atoms with Crippen LogP contribution in [0, 0.1) is 5.92 Å². The zero-order valence-electron chi connectivity index (χ0n) is 15.3. The van der Waals surface area contributed by atoms with E-state index in [-0.39, 0.29) is 0 Å². The fraction of sp³-hybridized carbons (Fsp3) is 0.579. The van der Waals surface area contributed by atoms with E-state index in [0.29, 0.717) is 5.92 Å². The van der Waals surface area contributed by atoms with Crippen molar-refractivity contribution in [2.24, 2.45) is 13.0 Å². The monoisotopic (exact) mass is 331 g/mol. The first-order chi connectivity index (χ1) is 11.6. The van der Waals surface area contributed by atoms with Crippen LogP contribution in [0.3, 0.4) is 0 Å². The molecule has 1 aliphatic heterocycles. The average molecular weight is 331 g/mol. The van der Waals surface area contributed by atoms with E-state index in [1.165, 1.54) is 16.5 Å². The SMILES string of the molecule is COc1ccc2c(CN3CCOC[C@H](CN(C)C)C3)cn(C)c2c1. The van der Waals surface area contributed by atoms with Crippen LogP contribution >= 0.6 is 0 Å². The molecule has 3 rings (SSSR count). The van der Waals surface area contributed by atoms with Gasteiger partial charge in [-0.1, -0.05) is 0 Å². The molecule has 1 atom stereocenters. The Bertz CT molecular complexity index is 681. The van der Waals surface area contributed by atoms with Gasteiger partial charge in [0.2, 0.25) is 0 Å². The molecule has 132 valence electrons. The topological polar surface area (TPSA) is 29.9 Å². The van der Waals surface area contributed by atoms with Gasteiger partial charge in [0.25, 0.3) is 0 Å². The van der Waals surface area contributed by atoms with Crippen molar-refractivity contribution in [1.29, 1.82) is 0 Å². The summed E-state index contributed by atoms with van der Waals surface area (Å²) in [6.45, 7) is 5.81. The van der Waals surface area contributed by atoms with Crippen LogP contribution in [0.1, 0.15) is 5.56 Å². The maximum Gasteiger partial charge on any atom is 0.120 e. The molecule has 2 heterocycles. The van der Waals surface area contributed by atoms with Gasteiger partial charge in [-0.3, -0.25) is 4.90 Å². The highest BCUT2D eigenvalue weighted by Gasteiger charge is 2.20. The van der Waals surface area contributed by atoms with E-state index in [1.54, 1.807) is 7.11 Å². The van der Waals surface area contributed by atoms with Gasteiger partial charge in [0, 0.05) is 56.8 Å². The van der Waals surface area contributed by atoms with Gasteiger partial charge in [0.15, 0.2) is 0 Å². The van der Waals surface area contributed by atoms with E-state index in [9.17, 15) is 0 Å². The van der Waals surface area contributed by atoms with Gasteiger partial charge in [-0.15, -0.1) is 0 Å². The first-order valence-corrected chi connectivity index (χ1v) is 8.63.